The third-order valence-electron chi connectivity index (χ3n) is 2.48. The van der Waals surface area contributed by atoms with Gasteiger partial charge in [-0.25, -0.2) is 0 Å². The van der Waals surface area contributed by atoms with Gasteiger partial charge in [-0.05, 0) is 58.8 Å². The first-order valence-electron chi connectivity index (χ1n) is 5.74. The van der Waals surface area contributed by atoms with Crippen LogP contribution in [-0.4, -0.2) is 11.0 Å². The Morgan fingerprint density at radius 2 is 1.95 bits per heavy atom. The minimum absolute atomic E-state index is 0.183. The first-order chi connectivity index (χ1) is 9.56. The second-order valence-corrected chi connectivity index (χ2v) is 5.14. The first-order valence-corrected chi connectivity index (χ1v) is 6.94. The van der Waals surface area contributed by atoms with Gasteiger partial charge in [0.2, 0.25) is 0 Å². The van der Waals surface area contributed by atoms with Crippen molar-refractivity contribution in [3.05, 3.63) is 52.4 Å². The molecule has 1 aromatic heterocycles. The maximum absolute atomic E-state index is 11.7. The van der Waals surface area contributed by atoms with Crippen molar-refractivity contribution in [2.75, 3.05) is 5.32 Å². The molecule has 0 unspecified atom stereocenters. The van der Waals surface area contributed by atoms with Crippen LogP contribution in [0, 0.1) is 6.92 Å². The molecule has 0 aliphatic rings. The van der Waals surface area contributed by atoms with Gasteiger partial charge < -0.3 is 9.73 Å². The molecule has 1 heterocycles. The summed E-state index contributed by atoms with van der Waals surface area (Å²) in [6.07, 6.45) is 0. The number of anilines is 1. The Morgan fingerprint density at radius 3 is 2.60 bits per heavy atom. The van der Waals surface area contributed by atoms with Gasteiger partial charge in [-0.1, -0.05) is 18.2 Å². The average Bonchev–Trinajstić information content (AvgIpc) is 2.85. The number of hydrogen-bond donors (Lipinski definition) is 3. The lowest BCUT2D eigenvalue weighted by Crippen LogP contribution is -2.43. The summed E-state index contributed by atoms with van der Waals surface area (Å²) in [5, 5.41) is 3.28. The van der Waals surface area contributed by atoms with E-state index in [4.69, 9.17) is 16.6 Å². The fourth-order valence-electron chi connectivity index (χ4n) is 1.48. The summed E-state index contributed by atoms with van der Waals surface area (Å²) in [7, 11) is 0. The average molecular weight is 354 g/mol. The number of halogens is 1. The molecule has 5 nitrogen and oxygen atoms in total. The van der Waals surface area contributed by atoms with Gasteiger partial charge in [0.15, 0.2) is 15.5 Å². The smallest absolute Gasteiger partial charge is 0.305 e. The summed E-state index contributed by atoms with van der Waals surface area (Å²) in [5.74, 6) is -0.229. The number of amides is 1. The van der Waals surface area contributed by atoms with Gasteiger partial charge >= 0.3 is 5.91 Å². The second-order valence-electron chi connectivity index (χ2n) is 3.95. The number of rotatable bonds is 2. The monoisotopic (exact) mass is 353 g/mol. The van der Waals surface area contributed by atoms with Crippen molar-refractivity contribution in [3.63, 3.8) is 0 Å². The number of para-hydroxylation sites is 1. The van der Waals surface area contributed by atoms with Gasteiger partial charge in [0, 0.05) is 5.69 Å². The zero-order valence-electron chi connectivity index (χ0n) is 10.6. The summed E-state index contributed by atoms with van der Waals surface area (Å²) in [5.41, 5.74) is 6.98. The van der Waals surface area contributed by atoms with Crippen LogP contribution in [0.4, 0.5) is 5.69 Å². The molecule has 0 atom stereocenters. The van der Waals surface area contributed by atoms with Crippen LogP contribution in [0.5, 0.6) is 0 Å². The highest BCUT2D eigenvalue weighted by molar-refractivity contribution is 9.10. The Morgan fingerprint density at radius 1 is 1.20 bits per heavy atom. The number of aryl methyl sites for hydroxylation is 1. The van der Waals surface area contributed by atoms with Crippen molar-refractivity contribution in [1.82, 2.24) is 10.9 Å². The molecule has 2 aromatic rings. The van der Waals surface area contributed by atoms with Crippen LogP contribution in [0.3, 0.4) is 0 Å². The molecule has 0 saturated heterocycles. The number of nitrogens with one attached hydrogen (secondary N) is 3. The molecule has 0 saturated carbocycles. The molecule has 0 aliphatic heterocycles. The van der Waals surface area contributed by atoms with Crippen LogP contribution in [0.2, 0.25) is 0 Å². The topological polar surface area (TPSA) is 66.3 Å². The quantitative estimate of drug-likeness (QED) is 0.572. The van der Waals surface area contributed by atoms with Crippen molar-refractivity contribution in [1.29, 1.82) is 0 Å². The van der Waals surface area contributed by atoms with Crippen molar-refractivity contribution >= 4 is 44.9 Å². The molecular formula is C13H12BrN3O2S. The standard InChI is InChI=1S/C13H12BrN3O2S/c1-8-4-2-3-5-9(8)15-13(20)17-16-12(18)10-6-7-11(14)19-10/h2-7H,1H3,(H,16,18)(H2,15,17,20). The van der Waals surface area contributed by atoms with Gasteiger partial charge in [-0.15, -0.1) is 0 Å². The highest BCUT2D eigenvalue weighted by Gasteiger charge is 2.10. The Labute approximate surface area is 129 Å². The third kappa shape index (κ3) is 3.82. The van der Waals surface area contributed by atoms with E-state index < -0.39 is 5.91 Å². The van der Waals surface area contributed by atoms with Crippen molar-refractivity contribution in [2.45, 2.75) is 6.92 Å². The lowest BCUT2D eigenvalue weighted by molar-refractivity contribution is 0.0915. The van der Waals surface area contributed by atoms with Gasteiger partial charge in [-0.3, -0.25) is 15.6 Å². The molecular weight excluding hydrogens is 342 g/mol. The van der Waals surface area contributed by atoms with E-state index in [9.17, 15) is 4.79 Å². The summed E-state index contributed by atoms with van der Waals surface area (Å²) >= 11 is 8.22. The van der Waals surface area contributed by atoms with Crippen LogP contribution in [0.25, 0.3) is 0 Å². The molecule has 104 valence electrons. The fraction of sp³-hybridized carbons (Fsp3) is 0.0769. The number of thiocarbonyl (C=S) groups is 1. The molecule has 3 N–H and O–H groups in total. The number of benzene rings is 1. The minimum Gasteiger partial charge on any atom is -0.444 e. The van der Waals surface area contributed by atoms with Crippen LogP contribution in [-0.2, 0) is 0 Å². The number of furan rings is 1. The highest BCUT2D eigenvalue weighted by Crippen LogP contribution is 2.14. The van der Waals surface area contributed by atoms with Crippen LogP contribution in [0.15, 0.2) is 45.5 Å². The van der Waals surface area contributed by atoms with Gasteiger partial charge in [0.05, 0.1) is 0 Å². The molecule has 2 rings (SSSR count). The van der Waals surface area contributed by atoms with Crippen LogP contribution in [0.1, 0.15) is 16.1 Å². The zero-order chi connectivity index (χ0) is 14.5. The molecule has 1 aromatic carbocycles. The Balaban J connectivity index is 1.87. The molecule has 0 bridgehead atoms. The molecule has 0 radical (unpaired) electrons. The zero-order valence-corrected chi connectivity index (χ0v) is 13.0. The largest absolute Gasteiger partial charge is 0.444 e. The predicted octanol–water partition coefficient (Wildman–Crippen LogP) is 2.98. The van der Waals surface area contributed by atoms with E-state index in [1.807, 2.05) is 31.2 Å². The molecule has 0 aliphatic carbocycles. The number of carbonyl (C=O) groups excluding carboxylic acids is 1. The molecule has 20 heavy (non-hydrogen) atoms. The minimum atomic E-state index is -0.412. The molecule has 1 amide bonds. The highest BCUT2D eigenvalue weighted by atomic mass is 79.9. The lowest BCUT2D eigenvalue weighted by atomic mass is 10.2. The van der Waals surface area contributed by atoms with Gasteiger partial charge in [0.1, 0.15) is 0 Å². The summed E-state index contributed by atoms with van der Waals surface area (Å²) in [6, 6.07) is 10.9. The van der Waals surface area contributed by atoms with E-state index in [2.05, 4.69) is 32.1 Å². The molecule has 0 spiro atoms. The second kappa shape index (κ2) is 6.53. The molecule has 7 heteroatoms. The number of carbonyl (C=O) groups is 1. The fourth-order valence-corrected chi connectivity index (χ4v) is 1.95. The summed E-state index contributed by atoms with van der Waals surface area (Å²) in [6.45, 7) is 1.96. The first kappa shape index (κ1) is 14.5. The normalized spacial score (nSPS) is 9.90. The maximum atomic E-state index is 11.7. The van der Waals surface area contributed by atoms with Crippen molar-refractivity contribution in [3.8, 4) is 0 Å². The van der Waals surface area contributed by atoms with Gasteiger partial charge in [-0.2, -0.15) is 0 Å². The lowest BCUT2D eigenvalue weighted by Gasteiger charge is -2.12. The van der Waals surface area contributed by atoms with E-state index >= 15 is 0 Å². The maximum Gasteiger partial charge on any atom is 0.305 e. The number of hydrazine groups is 1. The third-order valence-corrected chi connectivity index (χ3v) is 3.11. The Hall–Kier alpha value is -1.86. The number of hydrogen-bond acceptors (Lipinski definition) is 3. The van der Waals surface area contributed by atoms with Crippen molar-refractivity contribution in [2.24, 2.45) is 0 Å². The Kier molecular flexibility index (Phi) is 4.75. The van der Waals surface area contributed by atoms with Crippen molar-refractivity contribution < 1.29 is 9.21 Å². The van der Waals surface area contributed by atoms with E-state index in [1.54, 1.807) is 12.1 Å². The summed E-state index contributed by atoms with van der Waals surface area (Å²) < 4.78 is 5.61. The van der Waals surface area contributed by atoms with Crippen LogP contribution >= 0.6 is 28.1 Å². The van der Waals surface area contributed by atoms with Gasteiger partial charge in [0.25, 0.3) is 0 Å². The van der Waals surface area contributed by atoms with Crippen LogP contribution < -0.4 is 16.2 Å². The van der Waals surface area contributed by atoms with E-state index in [0.29, 0.717) is 9.78 Å². The Bertz CT molecular complexity index is 642. The SMILES string of the molecule is Cc1ccccc1NC(=S)NNC(=O)c1ccc(Br)o1. The molecule has 0 fully saturated rings. The summed E-state index contributed by atoms with van der Waals surface area (Å²) in [4.78, 5) is 11.7. The predicted molar refractivity (Wildman–Crippen MR) is 84.4 cm³/mol. The van der Waals surface area contributed by atoms with E-state index in [0.717, 1.165) is 11.3 Å². The van der Waals surface area contributed by atoms with E-state index in [1.165, 1.54) is 0 Å². The van der Waals surface area contributed by atoms with E-state index in [-0.39, 0.29) is 5.76 Å².